The smallest absolute Gasteiger partial charge is 0.333 e. The maximum Gasteiger partial charge on any atom is 0.333 e. The Morgan fingerprint density at radius 1 is 0.963 bits per heavy atom. The molecule has 1 saturated carbocycles. The van der Waals surface area contributed by atoms with Crippen LogP contribution in [0.15, 0.2) is 5.10 Å². The van der Waals surface area contributed by atoms with Gasteiger partial charge in [0.05, 0.1) is 18.9 Å². The lowest BCUT2D eigenvalue weighted by molar-refractivity contribution is -0.115. The molecule has 0 bridgehead atoms. The van der Waals surface area contributed by atoms with E-state index in [-0.39, 0.29) is 30.6 Å². The summed E-state index contributed by atoms with van der Waals surface area (Å²) in [6.07, 6.45) is 26.9. The molecule has 2 saturated heterocycles. The van der Waals surface area contributed by atoms with Crippen molar-refractivity contribution in [1.82, 2.24) is 35.3 Å². The molecule has 12 nitrogen and oxygen atoms in total. The molecule has 4 heterocycles. The highest BCUT2D eigenvalue weighted by atomic mass is 16.5. The van der Waals surface area contributed by atoms with E-state index >= 15 is 0 Å². The van der Waals surface area contributed by atoms with Gasteiger partial charge in [0.2, 0.25) is 5.82 Å². The second kappa shape index (κ2) is 22.2. The molecule has 0 radical (unpaired) electrons. The SMILES string of the molecule is [C-]#[N+]C1=Nn2nc(CCCOC3CCCC(CCCCCCCCCCCCCCC)C3)nc2C12OCCNC(=O)N2C1NCC(N(CC)CC)CC1C. The quantitative estimate of drug-likeness (QED) is 0.0856. The van der Waals surface area contributed by atoms with Crippen molar-refractivity contribution >= 4 is 11.9 Å². The standard InChI is InChI=1S/C42H73N9O3/c1-6-9-10-11-12-13-14-15-16-17-18-19-20-23-34-24-21-25-36(31-34)53-28-22-26-37-46-40-42(39(43-5)48-51(40)47-37)50(41(52)44-27-29-54-42)38-33(4)30-35(32-45-38)49(7-2)8-3/h33-36,38,45H,6-32H2,1-4H3,(H,44,52). The van der Waals surface area contributed by atoms with Crippen molar-refractivity contribution in [3.8, 4) is 0 Å². The Morgan fingerprint density at radius 2 is 1.67 bits per heavy atom. The molecule has 1 aromatic rings. The maximum absolute atomic E-state index is 13.8. The fraction of sp³-hybridized carbons (Fsp3) is 0.881. The molecule has 3 aliphatic heterocycles. The summed E-state index contributed by atoms with van der Waals surface area (Å²) in [6.45, 7) is 20.8. The number of unbranched alkanes of at least 4 members (excludes halogenated alkanes) is 12. The molecule has 2 N–H and O–H groups in total. The number of amides is 2. The van der Waals surface area contributed by atoms with Gasteiger partial charge in [-0.3, -0.25) is 15.1 Å². The average Bonchev–Trinajstić information content (AvgIpc) is 3.65. The van der Waals surface area contributed by atoms with Crippen molar-refractivity contribution in [2.45, 2.75) is 187 Å². The first kappa shape index (κ1) is 42.6. The Morgan fingerprint density at radius 3 is 2.33 bits per heavy atom. The van der Waals surface area contributed by atoms with Gasteiger partial charge >= 0.3 is 11.9 Å². The maximum atomic E-state index is 13.8. The molecule has 6 unspecified atom stereocenters. The molecule has 1 aliphatic carbocycles. The lowest BCUT2D eigenvalue weighted by Gasteiger charge is -2.48. The summed E-state index contributed by atoms with van der Waals surface area (Å²) in [6, 6.07) is 0.0810. The Kier molecular flexibility index (Phi) is 17.5. The van der Waals surface area contributed by atoms with Crippen LogP contribution in [-0.4, -0.2) is 94.2 Å². The molecule has 1 spiro atoms. The molecule has 3 fully saturated rings. The third-order valence-electron chi connectivity index (χ3n) is 12.5. The number of nitrogens with one attached hydrogen (secondary N) is 2. The van der Waals surface area contributed by atoms with Crippen LogP contribution < -0.4 is 10.6 Å². The van der Waals surface area contributed by atoms with E-state index in [1.165, 1.54) is 114 Å². The van der Waals surface area contributed by atoms with E-state index in [9.17, 15) is 4.79 Å². The highest BCUT2D eigenvalue weighted by Gasteiger charge is 2.61. The molecule has 5 rings (SSSR count). The number of aryl methyl sites for hydroxylation is 1. The molecular weight excluding hydrogens is 679 g/mol. The van der Waals surface area contributed by atoms with E-state index in [0.717, 1.165) is 44.8 Å². The van der Waals surface area contributed by atoms with E-state index in [1.54, 1.807) is 4.90 Å². The summed E-state index contributed by atoms with van der Waals surface area (Å²) < 4.78 is 12.9. The molecule has 54 heavy (non-hydrogen) atoms. The summed E-state index contributed by atoms with van der Waals surface area (Å²) in [4.78, 5) is 28.1. The number of piperidine rings is 1. The van der Waals surface area contributed by atoms with Gasteiger partial charge in [-0.1, -0.05) is 142 Å². The fourth-order valence-corrected chi connectivity index (χ4v) is 9.46. The third kappa shape index (κ3) is 11.0. The van der Waals surface area contributed by atoms with Gasteiger partial charge in [0, 0.05) is 32.2 Å². The lowest BCUT2D eigenvalue weighted by atomic mass is 9.84. The predicted octanol–water partition coefficient (Wildman–Crippen LogP) is 8.22. The highest BCUT2D eigenvalue weighted by Crippen LogP contribution is 2.41. The van der Waals surface area contributed by atoms with E-state index in [0.29, 0.717) is 43.4 Å². The number of urea groups is 1. The number of hydrogen-bond acceptors (Lipinski definition) is 8. The highest BCUT2D eigenvalue weighted by molar-refractivity contribution is 6.02. The van der Waals surface area contributed by atoms with E-state index in [4.69, 9.17) is 21.0 Å². The summed E-state index contributed by atoms with van der Waals surface area (Å²) in [5, 5.41) is 15.9. The zero-order valence-corrected chi connectivity index (χ0v) is 34.3. The third-order valence-corrected chi connectivity index (χ3v) is 12.5. The van der Waals surface area contributed by atoms with Crippen LogP contribution in [0.2, 0.25) is 0 Å². The van der Waals surface area contributed by atoms with E-state index in [2.05, 4.69) is 58.3 Å². The number of ether oxygens (including phenoxy) is 2. The van der Waals surface area contributed by atoms with Crippen LogP contribution in [-0.2, 0) is 21.6 Å². The van der Waals surface area contributed by atoms with Crippen LogP contribution in [0.4, 0.5) is 4.79 Å². The number of rotatable bonds is 23. The zero-order chi connectivity index (χ0) is 38.2. The van der Waals surface area contributed by atoms with Crippen molar-refractivity contribution in [2.75, 3.05) is 39.4 Å². The van der Waals surface area contributed by atoms with Gasteiger partial charge in [-0.25, -0.2) is 9.78 Å². The number of aromatic nitrogens is 3. The molecule has 304 valence electrons. The monoisotopic (exact) mass is 752 g/mol. The molecule has 0 aromatic carbocycles. The van der Waals surface area contributed by atoms with Crippen molar-refractivity contribution in [3.05, 3.63) is 23.1 Å². The van der Waals surface area contributed by atoms with Crippen molar-refractivity contribution in [1.29, 1.82) is 0 Å². The van der Waals surface area contributed by atoms with Gasteiger partial charge in [-0.05, 0) is 55.7 Å². The van der Waals surface area contributed by atoms with E-state index in [1.807, 2.05) is 0 Å². The second-order valence-electron chi connectivity index (χ2n) is 16.5. The Hall–Kier alpha value is -2.59. The summed E-state index contributed by atoms with van der Waals surface area (Å²) >= 11 is 0. The Bertz CT molecular complexity index is 1340. The Labute approximate surface area is 326 Å². The van der Waals surface area contributed by atoms with Gasteiger partial charge < -0.3 is 19.6 Å². The van der Waals surface area contributed by atoms with Gasteiger partial charge in [0.25, 0.3) is 5.72 Å². The van der Waals surface area contributed by atoms with Crippen molar-refractivity contribution < 1.29 is 14.3 Å². The first-order chi connectivity index (χ1) is 26.4. The van der Waals surface area contributed by atoms with Gasteiger partial charge in [-0.2, -0.15) is 0 Å². The van der Waals surface area contributed by atoms with Gasteiger partial charge in [-0.15, -0.1) is 5.10 Å². The lowest BCUT2D eigenvalue weighted by Crippen LogP contribution is -2.68. The summed E-state index contributed by atoms with van der Waals surface area (Å²) in [5.74, 6) is 1.97. The number of carbonyl (C=O) groups is 1. The second-order valence-corrected chi connectivity index (χ2v) is 16.5. The summed E-state index contributed by atoms with van der Waals surface area (Å²) in [7, 11) is 0. The molecule has 6 atom stereocenters. The molecule has 2 amide bonds. The number of amidine groups is 1. The number of nitrogens with zero attached hydrogens (tertiary/aromatic N) is 7. The molecule has 12 heteroatoms. The largest absolute Gasteiger partial charge is 0.378 e. The van der Waals surface area contributed by atoms with Crippen LogP contribution in [0.1, 0.15) is 168 Å². The van der Waals surface area contributed by atoms with Crippen LogP contribution in [0.5, 0.6) is 0 Å². The minimum atomic E-state index is -1.54. The molecule has 1 aromatic heterocycles. The summed E-state index contributed by atoms with van der Waals surface area (Å²) in [5.41, 5.74) is -1.54. The number of likely N-dealkylation sites (N-methyl/N-ethyl adjacent to an activating group) is 1. The first-order valence-corrected chi connectivity index (χ1v) is 22.2. The Balaban J connectivity index is 1.06. The minimum Gasteiger partial charge on any atom is -0.378 e. The minimum absolute atomic E-state index is 0.0648. The number of fused-ring (bicyclic) bond motifs is 2. The van der Waals surface area contributed by atoms with Crippen molar-refractivity contribution in [3.63, 3.8) is 0 Å². The van der Waals surface area contributed by atoms with Crippen molar-refractivity contribution in [2.24, 2.45) is 16.9 Å². The molecule has 4 aliphatic rings. The van der Waals surface area contributed by atoms with Gasteiger partial charge in [0.15, 0.2) is 5.82 Å². The van der Waals surface area contributed by atoms with Crippen LogP contribution >= 0.6 is 0 Å². The van der Waals surface area contributed by atoms with Gasteiger partial charge in [0.1, 0.15) is 0 Å². The first-order valence-electron chi connectivity index (χ1n) is 22.2. The van der Waals surface area contributed by atoms with E-state index < -0.39 is 5.72 Å². The fourth-order valence-electron chi connectivity index (χ4n) is 9.46. The number of carbonyl (C=O) groups excluding carboxylic acids is 1. The molecular formula is C42H73N9O3. The normalized spacial score (nSPS) is 27.2. The topological polar surface area (TPSA) is 114 Å². The number of hydrogen-bond donors (Lipinski definition) is 2. The average molecular weight is 752 g/mol. The van der Waals surface area contributed by atoms with Crippen LogP contribution in [0.3, 0.4) is 0 Å². The predicted molar refractivity (Wildman–Crippen MR) is 215 cm³/mol. The van der Waals surface area contributed by atoms with Crippen LogP contribution in [0, 0.1) is 18.4 Å². The van der Waals surface area contributed by atoms with Crippen LogP contribution in [0.25, 0.3) is 4.85 Å². The zero-order valence-electron chi connectivity index (χ0n) is 34.3.